The van der Waals surface area contributed by atoms with E-state index in [0.29, 0.717) is 13.1 Å². The number of hydrogen-bond acceptors (Lipinski definition) is 4. The predicted molar refractivity (Wildman–Crippen MR) is 82.1 cm³/mol. The molecule has 0 aromatic carbocycles. The topological polar surface area (TPSA) is 70.7 Å². The Labute approximate surface area is 127 Å². The van der Waals surface area contributed by atoms with Gasteiger partial charge >= 0.3 is 6.03 Å². The van der Waals surface area contributed by atoms with E-state index in [-0.39, 0.29) is 29.2 Å². The molecule has 2 N–H and O–H groups in total. The molecule has 0 spiro atoms. The second-order valence-electron chi connectivity index (χ2n) is 7.49. The standard InChI is InChI=1S/C15H29N3O3/c1-10-8-18(9-15(6,7)21-10)11(2)12(19)16-13(20)17-14(3,4)5/h10-11H,8-9H2,1-7H3,(H2,16,17,19,20). The summed E-state index contributed by atoms with van der Waals surface area (Å²) in [7, 11) is 0. The van der Waals surface area contributed by atoms with E-state index in [2.05, 4.69) is 10.6 Å². The third-order valence-corrected chi connectivity index (χ3v) is 3.25. The molecule has 2 atom stereocenters. The summed E-state index contributed by atoms with van der Waals surface area (Å²) in [5.74, 6) is -0.290. The van der Waals surface area contributed by atoms with Gasteiger partial charge in [-0.1, -0.05) is 0 Å². The van der Waals surface area contributed by atoms with Crippen molar-refractivity contribution in [3.05, 3.63) is 0 Å². The zero-order chi connectivity index (χ0) is 16.4. The summed E-state index contributed by atoms with van der Waals surface area (Å²) in [4.78, 5) is 26.0. The number of amides is 3. The summed E-state index contributed by atoms with van der Waals surface area (Å²) < 4.78 is 5.83. The fourth-order valence-corrected chi connectivity index (χ4v) is 2.55. The lowest BCUT2D eigenvalue weighted by atomic mass is 10.0. The minimum Gasteiger partial charge on any atom is -0.370 e. The number of rotatable bonds is 2. The molecule has 1 saturated heterocycles. The molecule has 2 unspecified atom stereocenters. The third-order valence-electron chi connectivity index (χ3n) is 3.25. The summed E-state index contributed by atoms with van der Waals surface area (Å²) in [6.45, 7) is 14.8. The summed E-state index contributed by atoms with van der Waals surface area (Å²) >= 11 is 0. The molecule has 3 amide bonds. The van der Waals surface area contributed by atoms with E-state index in [4.69, 9.17) is 4.74 Å². The predicted octanol–water partition coefficient (Wildman–Crippen LogP) is 1.50. The van der Waals surface area contributed by atoms with Crippen LogP contribution in [-0.4, -0.2) is 53.2 Å². The Morgan fingerprint density at radius 3 is 2.38 bits per heavy atom. The molecule has 0 radical (unpaired) electrons. The van der Waals surface area contributed by atoms with Gasteiger partial charge in [-0.25, -0.2) is 4.79 Å². The summed E-state index contributed by atoms with van der Waals surface area (Å²) in [5.41, 5.74) is -0.664. The average molecular weight is 299 g/mol. The first-order valence-electron chi connectivity index (χ1n) is 7.44. The van der Waals surface area contributed by atoms with E-state index in [9.17, 15) is 9.59 Å². The maximum atomic E-state index is 12.2. The SMILES string of the molecule is CC1CN(C(C)C(=O)NC(=O)NC(C)(C)C)CC(C)(C)O1. The van der Waals surface area contributed by atoms with Crippen LogP contribution in [-0.2, 0) is 9.53 Å². The molecule has 0 aromatic rings. The van der Waals surface area contributed by atoms with Crippen LogP contribution < -0.4 is 10.6 Å². The molecule has 0 aromatic heterocycles. The summed E-state index contributed by atoms with van der Waals surface area (Å²) in [5, 5.41) is 5.12. The van der Waals surface area contributed by atoms with Crippen LogP contribution in [0.5, 0.6) is 0 Å². The molecule has 1 fully saturated rings. The highest BCUT2D eigenvalue weighted by Gasteiger charge is 2.35. The molecule has 122 valence electrons. The number of urea groups is 1. The highest BCUT2D eigenvalue weighted by molar-refractivity contribution is 5.97. The number of nitrogens with zero attached hydrogens (tertiary/aromatic N) is 1. The lowest BCUT2D eigenvalue weighted by molar-refractivity contribution is -0.147. The van der Waals surface area contributed by atoms with Gasteiger partial charge in [0.25, 0.3) is 0 Å². The molecule has 1 aliphatic rings. The summed E-state index contributed by atoms with van der Waals surface area (Å²) in [6, 6.07) is -0.832. The van der Waals surface area contributed by atoms with Gasteiger partial charge in [0.05, 0.1) is 17.7 Å². The van der Waals surface area contributed by atoms with Crippen molar-refractivity contribution < 1.29 is 14.3 Å². The van der Waals surface area contributed by atoms with E-state index in [1.807, 2.05) is 53.4 Å². The van der Waals surface area contributed by atoms with E-state index in [1.165, 1.54) is 0 Å². The minimum atomic E-state index is -0.458. The lowest BCUT2D eigenvalue weighted by Crippen LogP contribution is -2.59. The Morgan fingerprint density at radius 1 is 1.33 bits per heavy atom. The largest absolute Gasteiger partial charge is 0.370 e. The van der Waals surface area contributed by atoms with Crippen LogP contribution in [0.25, 0.3) is 0 Å². The van der Waals surface area contributed by atoms with Gasteiger partial charge in [0.2, 0.25) is 5.91 Å². The zero-order valence-corrected chi connectivity index (χ0v) is 14.2. The third kappa shape index (κ3) is 6.01. The van der Waals surface area contributed by atoms with E-state index >= 15 is 0 Å². The van der Waals surface area contributed by atoms with Crippen molar-refractivity contribution in [3.63, 3.8) is 0 Å². The van der Waals surface area contributed by atoms with Gasteiger partial charge in [-0.05, 0) is 48.5 Å². The van der Waals surface area contributed by atoms with E-state index < -0.39 is 6.03 Å². The number of nitrogens with one attached hydrogen (secondary N) is 2. The number of ether oxygens (including phenoxy) is 1. The zero-order valence-electron chi connectivity index (χ0n) is 14.2. The molecule has 0 saturated carbocycles. The van der Waals surface area contributed by atoms with Crippen LogP contribution in [0.1, 0.15) is 48.5 Å². The maximum absolute atomic E-state index is 12.2. The second-order valence-corrected chi connectivity index (χ2v) is 7.49. The molecular weight excluding hydrogens is 270 g/mol. The number of hydrogen-bond donors (Lipinski definition) is 2. The molecule has 1 rings (SSSR count). The van der Waals surface area contributed by atoms with Crippen molar-refractivity contribution in [1.82, 2.24) is 15.5 Å². The molecule has 0 bridgehead atoms. The quantitative estimate of drug-likeness (QED) is 0.810. The number of carbonyl (C=O) groups excluding carboxylic acids is 2. The van der Waals surface area contributed by atoms with Crippen LogP contribution in [0, 0.1) is 0 Å². The minimum absolute atomic E-state index is 0.0624. The first kappa shape index (κ1) is 17.9. The monoisotopic (exact) mass is 299 g/mol. The molecule has 21 heavy (non-hydrogen) atoms. The average Bonchev–Trinajstić information content (AvgIpc) is 2.21. The van der Waals surface area contributed by atoms with Gasteiger partial charge in [-0.15, -0.1) is 0 Å². The van der Waals surface area contributed by atoms with Crippen molar-refractivity contribution in [2.24, 2.45) is 0 Å². The molecule has 1 aliphatic heterocycles. The number of carbonyl (C=O) groups is 2. The van der Waals surface area contributed by atoms with Gasteiger partial charge in [0.15, 0.2) is 0 Å². The van der Waals surface area contributed by atoms with E-state index in [0.717, 1.165) is 0 Å². The van der Waals surface area contributed by atoms with Gasteiger partial charge in [0, 0.05) is 18.6 Å². The van der Waals surface area contributed by atoms with E-state index in [1.54, 1.807) is 0 Å². The Kier molecular flexibility index (Phi) is 5.39. The molecular formula is C15H29N3O3. The van der Waals surface area contributed by atoms with Gasteiger partial charge < -0.3 is 10.1 Å². The molecule has 6 heteroatoms. The Bertz CT molecular complexity index is 401. The van der Waals surface area contributed by atoms with Crippen molar-refractivity contribution in [2.75, 3.05) is 13.1 Å². The van der Waals surface area contributed by atoms with Gasteiger partial charge in [0.1, 0.15) is 0 Å². The van der Waals surface area contributed by atoms with Crippen LogP contribution in [0.15, 0.2) is 0 Å². The maximum Gasteiger partial charge on any atom is 0.321 e. The van der Waals surface area contributed by atoms with Crippen LogP contribution >= 0.6 is 0 Å². The summed E-state index contributed by atoms with van der Waals surface area (Å²) in [6.07, 6.45) is 0.0624. The van der Waals surface area contributed by atoms with Crippen LogP contribution in [0.4, 0.5) is 4.79 Å². The van der Waals surface area contributed by atoms with Crippen LogP contribution in [0.2, 0.25) is 0 Å². The first-order chi connectivity index (χ1) is 9.39. The molecule has 6 nitrogen and oxygen atoms in total. The highest BCUT2D eigenvalue weighted by atomic mass is 16.5. The fourth-order valence-electron chi connectivity index (χ4n) is 2.55. The fraction of sp³-hybridized carbons (Fsp3) is 0.867. The normalized spacial score (nSPS) is 24.2. The Hall–Kier alpha value is -1.14. The van der Waals surface area contributed by atoms with Gasteiger partial charge in [-0.3, -0.25) is 15.0 Å². The first-order valence-corrected chi connectivity index (χ1v) is 7.44. The number of imide groups is 1. The van der Waals surface area contributed by atoms with Crippen molar-refractivity contribution >= 4 is 11.9 Å². The Morgan fingerprint density at radius 2 is 1.90 bits per heavy atom. The molecule has 1 heterocycles. The number of morpholine rings is 1. The highest BCUT2D eigenvalue weighted by Crippen LogP contribution is 2.22. The van der Waals surface area contributed by atoms with Crippen molar-refractivity contribution in [3.8, 4) is 0 Å². The smallest absolute Gasteiger partial charge is 0.321 e. The van der Waals surface area contributed by atoms with Crippen LogP contribution in [0.3, 0.4) is 0 Å². The second kappa shape index (κ2) is 6.32. The van der Waals surface area contributed by atoms with Gasteiger partial charge in [-0.2, -0.15) is 0 Å². The molecule has 0 aliphatic carbocycles. The lowest BCUT2D eigenvalue weighted by Gasteiger charge is -2.43. The Balaban J connectivity index is 2.60. The van der Waals surface area contributed by atoms with Crippen molar-refractivity contribution in [1.29, 1.82) is 0 Å². The van der Waals surface area contributed by atoms with Crippen molar-refractivity contribution in [2.45, 2.75) is 71.8 Å².